The number of carbonyl (C=O) groups is 1. The van der Waals surface area contributed by atoms with Crippen molar-refractivity contribution in [2.24, 2.45) is 0 Å². The molecule has 1 aliphatic rings. The van der Waals surface area contributed by atoms with Gasteiger partial charge in [0.25, 0.3) is 0 Å². The van der Waals surface area contributed by atoms with Gasteiger partial charge in [0, 0.05) is 11.4 Å². The van der Waals surface area contributed by atoms with Crippen LogP contribution >= 0.6 is 19.4 Å². The molecule has 1 aromatic carbocycles. The van der Waals surface area contributed by atoms with Crippen LogP contribution in [0.2, 0.25) is 5.02 Å². The standard InChI is InChI=1S/C12H14ClO7P/c13-9-3-1-8(2-4-9)12(14)18-7-10-5-6-11(19-10)20-21(15,16)17/h1-4,10-11H,5-7H2,(H2,15,16,17)/t10-,11+/m0/s1. The van der Waals surface area contributed by atoms with Crippen LogP contribution in [0.5, 0.6) is 0 Å². The predicted molar refractivity (Wildman–Crippen MR) is 72.8 cm³/mol. The molecule has 9 heteroatoms. The molecule has 1 aromatic rings. The van der Waals surface area contributed by atoms with E-state index in [1.807, 2.05) is 0 Å². The van der Waals surface area contributed by atoms with Gasteiger partial charge in [0.1, 0.15) is 6.61 Å². The molecule has 116 valence electrons. The Morgan fingerprint density at radius 2 is 2.00 bits per heavy atom. The summed E-state index contributed by atoms with van der Waals surface area (Å²) in [5.74, 6) is -0.519. The van der Waals surface area contributed by atoms with Gasteiger partial charge in [-0.1, -0.05) is 11.6 Å². The third kappa shape index (κ3) is 5.39. The first-order valence-electron chi connectivity index (χ1n) is 6.15. The number of hydrogen-bond donors (Lipinski definition) is 2. The van der Waals surface area contributed by atoms with Gasteiger partial charge in [-0.25, -0.2) is 9.36 Å². The lowest BCUT2D eigenvalue weighted by Gasteiger charge is -2.14. The molecule has 0 spiro atoms. The minimum atomic E-state index is -4.58. The van der Waals surface area contributed by atoms with Crippen LogP contribution in [0.25, 0.3) is 0 Å². The topological polar surface area (TPSA) is 102 Å². The van der Waals surface area contributed by atoms with Crippen molar-refractivity contribution in [3.05, 3.63) is 34.9 Å². The maximum Gasteiger partial charge on any atom is 0.471 e. The summed E-state index contributed by atoms with van der Waals surface area (Å²) in [4.78, 5) is 29.1. The quantitative estimate of drug-likeness (QED) is 0.627. The molecule has 2 N–H and O–H groups in total. The molecule has 2 atom stereocenters. The van der Waals surface area contributed by atoms with Crippen molar-refractivity contribution < 1.29 is 33.1 Å². The summed E-state index contributed by atoms with van der Waals surface area (Å²) in [6.07, 6.45) is -0.616. The van der Waals surface area contributed by atoms with Crippen molar-refractivity contribution in [3.63, 3.8) is 0 Å². The van der Waals surface area contributed by atoms with Gasteiger partial charge in [0.15, 0.2) is 6.29 Å². The van der Waals surface area contributed by atoms with E-state index in [0.29, 0.717) is 23.4 Å². The van der Waals surface area contributed by atoms with E-state index in [1.165, 1.54) is 0 Å². The molecule has 1 heterocycles. The molecule has 0 saturated carbocycles. The maximum atomic E-state index is 11.7. The lowest BCUT2D eigenvalue weighted by Crippen LogP contribution is -2.20. The van der Waals surface area contributed by atoms with Crippen LogP contribution in [0.15, 0.2) is 24.3 Å². The second-order valence-corrected chi connectivity index (χ2v) is 6.09. The van der Waals surface area contributed by atoms with E-state index in [4.69, 9.17) is 30.9 Å². The van der Waals surface area contributed by atoms with Gasteiger partial charge in [-0.15, -0.1) is 0 Å². The fourth-order valence-corrected chi connectivity index (χ4v) is 2.45. The number of benzene rings is 1. The highest BCUT2D eigenvalue weighted by Crippen LogP contribution is 2.40. The minimum absolute atomic E-state index is 0.0114. The first-order chi connectivity index (χ1) is 9.83. The summed E-state index contributed by atoms with van der Waals surface area (Å²) in [6, 6.07) is 6.24. The average molecular weight is 337 g/mol. The Kier molecular flexibility index (Phi) is 5.37. The Balaban J connectivity index is 1.78. The van der Waals surface area contributed by atoms with Gasteiger partial charge < -0.3 is 19.3 Å². The molecular weight excluding hydrogens is 323 g/mol. The number of rotatable bonds is 5. The van der Waals surface area contributed by atoms with Crippen LogP contribution in [-0.2, 0) is 18.6 Å². The van der Waals surface area contributed by atoms with E-state index in [9.17, 15) is 9.36 Å². The number of halogens is 1. The number of ether oxygens (including phenoxy) is 2. The fraction of sp³-hybridized carbons (Fsp3) is 0.417. The zero-order valence-corrected chi connectivity index (χ0v) is 12.5. The second kappa shape index (κ2) is 6.87. The van der Waals surface area contributed by atoms with Crippen LogP contribution in [0.1, 0.15) is 23.2 Å². The number of carbonyl (C=O) groups excluding carboxylic acids is 1. The summed E-state index contributed by atoms with van der Waals surface area (Å²) in [7, 11) is -4.58. The van der Waals surface area contributed by atoms with Crippen molar-refractivity contribution in [2.75, 3.05) is 6.61 Å². The Bertz CT molecular complexity index is 541. The zero-order chi connectivity index (χ0) is 15.5. The Hall–Kier alpha value is -0.950. The van der Waals surface area contributed by atoms with Gasteiger partial charge in [0.2, 0.25) is 0 Å². The number of esters is 1. The molecule has 0 radical (unpaired) electrons. The van der Waals surface area contributed by atoms with Crippen LogP contribution in [-0.4, -0.2) is 34.8 Å². The number of phosphoric acid groups is 1. The zero-order valence-electron chi connectivity index (χ0n) is 10.8. The molecule has 7 nitrogen and oxygen atoms in total. The highest BCUT2D eigenvalue weighted by Gasteiger charge is 2.32. The van der Waals surface area contributed by atoms with Crippen molar-refractivity contribution >= 4 is 25.4 Å². The summed E-state index contributed by atoms with van der Waals surface area (Å²) in [6.45, 7) is -0.0114. The van der Waals surface area contributed by atoms with Crippen molar-refractivity contribution in [3.8, 4) is 0 Å². The maximum absolute atomic E-state index is 11.7. The van der Waals surface area contributed by atoms with Crippen LogP contribution < -0.4 is 0 Å². The minimum Gasteiger partial charge on any atom is -0.459 e. The molecule has 0 bridgehead atoms. The molecule has 0 aliphatic carbocycles. The molecule has 0 unspecified atom stereocenters. The fourth-order valence-electron chi connectivity index (χ4n) is 1.86. The molecule has 0 aromatic heterocycles. The lowest BCUT2D eigenvalue weighted by molar-refractivity contribution is -0.0972. The molecule has 21 heavy (non-hydrogen) atoms. The number of phosphoric ester groups is 1. The molecule has 1 saturated heterocycles. The highest BCUT2D eigenvalue weighted by molar-refractivity contribution is 7.46. The van der Waals surface area contributed by atoms with Gasteiger partial charge in [-0.2, -0.15) is 0 Å². The Labute approximate surface area is 126 Å². The van der Waals surface area contributed by atoms with E-state index in [0.717, 1.165) is 0 Å². The molecular formula is C12H14ClO7P. The van der Waals surface area contributed by atoms with Crippen molar-refractivity contribution in [1.29, 1.82) is 0 Å². The Morgan fingerprint density at radius 3 is 2.62 bits per heavy atom. The van der Waals surface area contributed by atoms with E-state index in [1.54, 1.807) is 24.3 Å². The largest absolute Gasteiger partial charge is 0.471 e. The average Bonchev–Trinajstić information content (AvgIpc) is 2.82. The van der Waals surface area contributed by atoms with Gasteiger partial charge in [0.05, 0.1) is 11.7 Å². The van der Waals surface area contributed by atoms with E-state index in [2.05, 4.69) is 4.52 Å². The summed E-state index contributed by atoms with van der Waals surface area (Å²) >= 11 is 5.72. The molecule has 2 rings (SSSR count). The summed E-state index contributed by atoms with van der Waals surface area (Å²) in [5.41, 5.74) is 0.361. The second-order valence-electron chi connectivity index (χ2n) is 4.47. The Morgan fingerprint density at radius 1 is 1.33 bits per heavy atom. The predicted octanol–water partition coefficient (Wildman–Crippen LogP) is 2.11. The monoisotopic (exact) mass is 336 g/mol. The molecule has 0 amide bonds. The van der Waals surface area contributed by atoms with E-state index < -0.39 is 26.2 Å². The highest BCUT2D eigenvalue weighted by atomic mass is 35.5. The lowest BCUT2D eigenvalue weighted by atomic mass is 10.2. The molecule has 1 fully saturated rings. The van der Waals surface area contributed by atoms with Crippen molar-refractivity contribution in [1.82, 2.24) is 0 Å². The smallest absolute Gasteiger partial charge is 0.459 e. The SMILES string of the molecule is O=C(OC[C@@H]1CC[C@@H](OP(=O)(O)O)O1)c1ccc(Cl)cc1. The van der Waals surface area contributed by atoms with E-state index >= 15 is 0 Å². The van der Waals surface area contributed by atoms with Crippen LogP contribution in [0.4, 0.5) is 0 Å². The third-order valence-corrected chi connectivity index (χ3v) is 3.57. The third-order valence-electron chi connectivity index (χ3n) is 2.80. The van der Waals surface area contributed by atoms with Gasteiger partial charge >= 0.3 is 13.8 Å². The van der Waals surface area contributed by atoms with Gasteiger partial charge in [-0.05, 0) is 30.7 Å². The first-order valence-corrected chi connectivity index (χ1v) is 8.06. The van der Waals surface area contributed by atoms with Crippen molar-refractivity contribution in [2.45, 2.75) is 25.2 Å². The summed E-state index contributed by atoms with van der Waals surface area (Å²) in [5, 5.41) is 0.517. The number of hydrogen-bond acceptors (Lipinski definition) is 5. The van der Waals surface area contributed by atoms with Crippen LogP contribution in [0, 0.1) is 0 Å². The molecule has 1 aliphatic heterocycles. The summed E-state index contributed by atoms with van der Waals surface area (Å²) < 4.78 is 25.4. The first kappa shape index (κ1) is 16.4. The van der Waals surface area contributed by atoms with Gasteiger partial charge in [-0.3, -0.25) is 4.52 Å². The van der Waals surface area contributed by atoms with Crippen LogP contribution in [0.3, 0.4) is 0 Å². The van der Waals surface area contributed by atoms with E-state index in [-0.39, 0.29) is 6.61 Å². The normalized spacial score (nSPS) is 22.2.